The number of aromatic carboxylic acids is 1. The number of aromatic nitrogens is 2. The minimum atomic E-state index is -0.901. The van der Waals surface area contributed by atoms with Gasteiger partial charge in [0.15, 0.2) is 8.68 Å². The number of carboxylic acid groups (broad SMARTS) is 1. The molecule has 0 aliphatic carbocycles. The van der Waals surface area contributed by atoms with Crippen molar-refractivity contribution in [3.63, 3.8) is 0 Å². The van der Waals surface area contributed by atoms with Gasteiger partial charge in [-0.1, -0.05) is 47.0 Å². The van der Waals surface area contributed by atoms with Crippen LogP contribution in [-0.2, 0) is 5.75 Å². The van der Waals surface area contributed by atoms with E-state index in [1.807, 2.05) is 12.3 Å². The minimum absolute atomic E-state index is 0.315. The highest BCUT2D eigenvalue weighted by atomic mass is 32.2. The predicted molar refractivity (Wildman–Crippen MR) is 74.7 cm³/mol. The molecular formula is C11H10N2O2S3. The Kier molecular flexibility index (Phi) is 4.62. The molecule has 94 valence electrons. The van der Waals surface area contributed by atoms with Crippen molar-refractivity contribution in [2.75, 3.05) is 6.26 Å². The van der Waals surface area contributed by atoms with E-state index >= 15 is 0 Å². The van der Waals surface area contributed by atoms with Crippen molar-refractivity contribution in [1.82, 2.24) is 10.2 Å². The molecule has 1 aromatic heterocycles. The van der Waals surface area contributed by atoms with Crippen LogP contribution in [0.5, 0.6) is 0 Å². The van der Waals surface area contributed by atoms with Gasteiger partial charge < -0.3 is 5.11 Å². The molecule has 0 aliphatic heterocycles. The van der Waals surface area contributed by atoms with Crippen molar-refractivity contribution < 1.29 is 9.90 Å². The highest BCUT2D eigenvalue weighted by Gasteiger charge is 2.06. The highest BCUT2D eigenvalue weighted by molar-refractivity contribution is 8.02. The van der Waals surface area contributed by atoms with E-state index in [2.05, 4.69) is 10.2 Å². The molecule has 2 aromatic rings. The largest absolute Gasteiger partial charge is 0.478 e. The van der Waals surface area contributed by atoms with Gasteiger partial charge >= 0.3 is 5.97 Å². The molecule has 4 nitrogen and oxygen atoms in total. The molecule has 0 bridgehead atoms. The van der Waals surface area contributed by atoms with E-state index < -0.39 is 5.97 Å². The summed E-state index contributed by atoms with van der Waals surface area (Å²) in [5.74, 6) is -0.202. The molecule has 0 spiro atoms. The van der Waals surface area contributed by atoms with Gasteiger partial charge in [-0.3, -0.25) is 0 Å². The predicted octanol–water partition coefficient (Wildman–Crippen LogP) is 3.25. The fourth-order valence-corrected chi connectivity index (χ4v) is 3.66. The standard InChI is InChI=1S/C11H10N2O2S3/c1-16-10-12-13-11(18-10)17-6-7-3-2-4-8(5-7)9(14)15/h2-5H,6H2,1H3,(H,14,15). The summed E-state index contributed by atoms with van der Waals surface area (Å²) in [5, 5.41) is 17.0. The topological polar surface area (TPSA) is 63.1 Å². The fourth-order valence-electron chi connectivity index (χ4n) is 1.28. The number of nitrogens with zero attached hydrogens (tertiary/aromatic N) is 2. The van der Waals surface area contributed by atoms with Crippen molar-refractivity contribution in [3.8, 4) is 0 Å². The molecule has 0 saturated heterocycles. The Bertz CT molecular complexity index is 557. The average molecular weight is 298 g/mol. The van der Waals surface area contributed by atoms with E-state index in [4.69, 9.17) is 5.11 Å². The van der Waals surface area contributed by atoms with Gasteiger partial charge in [-0.2, -0.15) is 0 Å². The van der Waals surface area contributed by atoms with Crippen LogP contribution in [-0.4, -0.2) is 27.5 Å². The summed E-state index contributed by atoms with van der Waals surface area (Å²) in [6.45, 7) is 0. The van der Waals surface area contributed by atoms with E-state index in [1.165, 1.54) is 0 Å². The van der Waals surface area contributed by atoms with Crippen molar-refractivity contribution in [2.24, 2.45) is 0 Å². The number of rotatable bonds is 5. The smallest absolute Gasteiger partial charge is 0.335 e. The van der Waals surface area contributed by atoms with Crippen LogP contribution >= 0.6 is 34.9 Å². The third-order valence-corrected chi connectivity index (χ3v) is 5.20. The summed E-state index contributed by atoms with van der Waals surface area (Å²) in [6.07, 6.45) is 1.96. The fraction of sp³-hybridized carbons (Fsp3) is 0.182. The van der Waals surface area contributed by atoms with Gasteiger partial charge in [0.1, 0.15) is 0 Å². The summed E-state index contributed by atoms with van der Waals surface area (Å²) in [4.78, 5) is 10.8. The molecule has 0 saturated carbocycles. The second-order valence-corrected chi connectivity index (χ2v) is 6.59. The lowest BCUT2D eigenvalue weighted by Gasteiger charge is -2.00. The van der Waals surface area contributed by atoms with Crippen LogP contribution in [0.1, 0.15) is 15.9 Å². The van der Waals surface area contributed by atoms with Gasteiger partial charge in [0, 0.05) is 5.75 Å². The molecule has 2 rings (SSSR count). The van der Waals surface area contributed by atoms with Gasteiger partial charge in [0.05, 0.1) is 5.56 Å². The molecule has 0 unspecified atom stereocenters. The zero-order valence-electron chi connectivity index (χ0n) is 9.49. The molecule has 0 fully saturated rings. The number of hydrogen-bond donors (Lipinski definition) is 1. The van der Waals surface area contributed by atoms with E-state index in [9.17, 15) is 4.79 Å². The first kappa shape index (κ1) is 13.4. The molecule has 0 radical (unpaired) electrons. The summed E-state index contributed by atoms with van der Waals surface area (Å²) in [7, 11) is 0. The zero-order chi connectivity index (χ0) is 13.0. The number of thioether (sulfide) groups is 2. The second kappa shape index (κ2) is 6.21. The van der Waals surface area contributed by atoms with E-state index in [1.54, 1.807) is 53.1 Å². The lowest BCUT2D eigenvalue weighted by molar-refractivity contribution is 0.0697. The Morgan fingerprint density at radius 2 is 2.17 bits per heavy atom. The molecule has 1 aromatic carbocycles. The lowest BCUT2D eigenvalue weighted by atomic mass is 10.1. The zero-order valence-corrected chi connectivity index (χ0v) is 11.9. The summed E-state index contributed by atoms with van der Waals surface area (Å²) >= 11 is 4.69. The van der Waals surface area contributed by atoms with E-state index in [0.29, 0.717) is 11.3 Å². The Morgan fingerprint density at radius 1 is 1.39 bits per heavy atom. The maximum atomic E-state index is 10.8. The number of carbonyl (C=O) groups is 1. The highest BCUT2D eigenvalue weighted by Crippen LogP contribution is 2.29. The molecule has 0 aliphatic rings. The number of carboxylic acids is 1. The first-order valence-electron chi connectivity index (χ1n) is 5.01. The third-order valence-electron chi connectivity index (χ3n) is 2.10. The summed E-state index contributed by atoms with van der Waals surface area (Å²) in [5.41, 5.74) is 1.29. The van der Waals surface area contributed by atoms with Crippen molar-refractivity contribution in [1.29, 1.82) is 0 Å². The van der Waals surface area contributed by atoms with E-state index in [0.717, 1.165) is 14.2 Å². The Hall–Kier alpha value is -1.05. The van der Waals surface area contributed by atoms with Gasteiger partial charge in [-0.05, 0) is 24.0 Å². The van der Waals surface area contributed by atoms with Gasteiger partial charge in [-0.15, -0.1) is 10.2 Å². The molecule has 0 amide bonds. The molecular weight excluding hydrogens is 288 g/mol. The van der Waals surface area contributed by atoms with Crippen LogP contribution in [0.2, 0.25) is 0 Å². The molecule has 18 heavy (non-hydrogen) atoms. The van der Waals surface area contributed by atoms with Crippen molar-refractivity contribution >= 4 is 40.8 Å². The van der Waals surface area contributed by atoms with Crippen LogP contribution in [0.4, 0.5) is 0 Å². The van der Waals surface area contributed by atoms with Crippen molar-refractivity contribution in [2.45, 2.75) is 14.4 Å². The second-order valence-electron chi connectivity index (χ2n) is 3.33. The van der Waals surface area contributed by atoms with Gasteiger partial charge in [-0.25, -0.2) is 4.79 Å². The van der Waals surface area contributed by atoms with Crippen LogP contribution in [0, 0.1) is 0 Å². The van der Waals surface area contributed by atoms with Crippen LogP contribution in [0.15, 0.2) is 32.9 Å². The van der Waals surface area contributed by atoms with Crippen LogP contribution in [0.25, 0.3) is 0 Å². The Morgan fingerprint density at radius 3 is 2.83 bits per heavy atom. The molecule has 0 atom stereocenters. The minimum Gasteiger partial charge on any atom is -0.478 e. The maximum Gasteiger partial charge on any atom is 0.335 e. The maximum absolute atomic E-state index is 10.8. The Balaban J connectivity index is 2.01. The third kappa shape index (κ3) is 3.47. The molecule has 1 heterocycles. The van der Waals surface area contributed by atoms with Gasteiger partial charge in [0.2, 0.25) is 0 Å². The van der Waals surface area contributed by atoms with Crippen molar-refractivity contribution in [3.05, 3.63) is 35.4 Å². The molecule has 1 N–H and O–H groups in total. The summed E-state index contributed by atoms with van der Waals surface area (Å²) < 4.78 is 1.84. The number of benzene rings is 1. The van der Waals surface area contributed by atoms with Crippen LogP contribution in [0.3, 0.4) is 0 Å². The SMILES string of the molecule is CSc1nnc(SCc2cccc(C(=O)O)c2)s1. The quantitative estimate of drug-likeness (QED) is 0.855. The summed E-state index contributed by atoms with van der Waals surface area (Å²) in [6, 6.07) is 6.95. The average Bonchev–Trinajstić information content (AvgIpc) is 2.84. The number of hydrogen-bond acceptors (Lipinski definition) is 6. The van der Waals surface area contributed by atoms with E-state index in [-0.39, 0.29) is 0 Å². The Labute approximate surface area is 117 Å². The monoisotopic (exact) mass is 298 g/mol. The normalized spacial score (nSPS) is 10.5. The van der Waals surface area contributed by atoms with Crippen LogP contribution < -0.4 is 0 Å². The first-order chi connectivity index (χ1) is 8.69. The lowest BCUT2D eigenvalue weighted by Crippen LogP contribution is -1.96. The first-order valence-corrected chi connectivity index (χ1v) is 8.04. The molecule has 7 heteroatoms. The van der Waals surface area contributed by atoms with Gasteiger partial charge in [0.25, 0.3) is 0 Å².